The molecule has 126 valence electrons. The van der Waals surface area contributed by atoms with Crippen molar-refractivity contribution in [2.24, 2.45) is 5.92 Å². The number of aliphatic hydroxyl groups excluding tert-OH is 1. The van der Waals surface area contributed by atoms with E-state index >= 15 is 0 Å². The lowest BCUT2D eigenvalue weighted by molar-refractivity contribution is 0.0872. The summed E-state index contributed by atoms with van der Waals surface area (Å²) in [6.07, 6.45) is 7.44. The number of aliphatic hydroxyl groups is 1. The highest BCUT2D eigenvalue weighted by Crippen LogP contribution is 2.25. The Labute approximate surface area is 141 Å². The van der Waals surface area contributed by atoms with Crippen molar-refractivity contribution in [2.45, 2.75) is 31.7 Å². The van der Waals surface area contributed by atoms with E-state index in [1.54, 1.807) is 42.7 Å². The van der Waals surface area contributed by atoms with Gasteiger partial charge in [-0.05, 0) is 49.2 Å². The second-order valence-electron chi connectivity index (χ2n) is 6.12. The Bertz CT molecular complexity index is 658. The van der Waals surface area contributed by atoms with Crippen LogP contribution in [-0.2, 0) is 0 Å². The van der Waals surface area contributed by atoms with Crippen LogP contribution in [0.2, 0.25) is 0 Å². The number of ether oxygens (including phenoxy) is 1. The molecule has 2 aromatic rings. The highest BCUT2D eigenvalue weighted by Gasteiger charge is 2.26. The minimum Gasteiger partial charge on any atom is -0.456 e. The fourth-order valence-electron chi connectivity index (χ4n) is 3.09. The van der Waals surface area contributed by atoms with Crippen molar-refractivity contribution in [3.8, 4) is 11.5 Å². The Morgan fingerprint density at radius 3 is 2.67 bits per heavy atom. The van der Waals surface area contributed by atoms with Crippen LogP contribution in [0, 0.1) is 5.92 Å². The Balaban J connectivity index is 1.61. The zero-order chi connectivity index (χ0) is 16.8. The molecule has 0 aliphatic heterocycles. The van der Waals surface area contributed by atoms with Crippen molar-refractivity contribution in [1.29, 1.82) is 0 Å². The molecule has 1 amide bonds. The summed E-state index contributed by atoms with van der Waals surface area (Å²) in [5.41, 5.74) is 0.593. The van der Waals surface area contributed by atoms with Gasteiger partial charge in [0.15, 0.2) is 0 Å². The fourth-order valence-corrected chi connectivity index (χ4v) is 3.09. The first-order chi connectivity index (χ1) is 11.8. The van der Waals surface area contributed by atoms with Crippen LogP contribution in [0.5, 0.6) is 11.5 Å². The third-order valence-corrected chi connectivity index (χ3v) is 4.45. The molecule has 0 saturated heterocycles. The van der Waals surface area contributed by atoms with Crippen LogP contribution >= 0.6 is 0 Å². The molecule has 5 heteroatoms. The molecule has 1 aromatic carbocycles. The number of hydrogen-bond donors (Lipinski definition) is 2. The molecule has 2 atom stereocenters. The van der Waals surface area contributed by atoms with Gasteiger partial charge in [-0.15, -0.1) is 0 Å². The minimum atomic E-state index is -0.103. The first kappa shape index (κ1) is 16.5. The number of rotatable bonds is 5. The maximum absolute atomic E-state index is 12.4. The Kier molecular flexibility index (Phi) is 5.43. The Morgan fingerprint density at radius 2 is 1.96 bits per heavy atom. The second kappa shape index (κ2) is 7.93. The van der Waals surface area contributed by atoms with E-state index in [2.05, 4.69) is 10.3 Å². The smallest absolute Gasteiger partial charge is 0.251 e. The van der Waals surface area contributed by atoms with Crippen molar-refractivity contribution in [2.75, 3.05) is 6.61 Å². The van der Waals surface area contributed by atoms with Gasteiger partial charge in [0.05, 0.1) is 6.20 Å². The van der Waals surface area contributed by atoms with Crippen molar-refractivity contribution < 1.29 is 14.6 Å². The second-order valence-corrected chi connectivity index (χ2v) is 6.12. The number of pyridine rings is 1. The van der Waals surface area contributed by atoms with Gasteiger partial charge in [-0.3, -0.25) is 9.78 Å². The molecule has 1 saturated carbocycles. The standard InChI is InChI=1S/C19H22N2O3/c22-13-15-4-1-2-6-18(15)21-19(23)14-7-9-16(10-8-14)24-17-5-3-11-20-12-17/h3,5,7-12,15,18,22H,1-2,4,6,13H2,(H,21,23). The van der Waals surface area contributed by atoms with Gasteiger partial charge in [0, 0.05) is 30.3 Å². The number of benzene rings is 1. The molecule has 1 aliphatic rings. The van der Waals surface area contributed by atoms with Crippen molar-refractivity contribution >= 4 is 5.91 Å². The average molecular weight is 326 g/mol. The van der Waals surface area contributed by atoms with Crippen LogP contribution in [0.15, 0.2) is 48.8 Å². The van der Waals surface area contributed by atoms with Gasteiger partial charge in [0.2, 0.25) is 0 Å². The molecule has 0 spiro atoms. The molecule has 0 bridgehead atoms. The van der Waals surface area contributed by atoms with Crippen molar-refractivity contribution in [3.63, 3.8) is 0 Å². The van der Waals surface area contributed by atoms with Gasteiger partial charge in [-0.1, -0.05) is 12.8 Å². The lowest BCUT2D eigenvalue weighted by Crippen LogP contribution is -2.43. The molecule has 24 heavy (non-hydrogen) atoms. The van der Waals surface area contributed by atoms with E-state index in [1.165, 1.54) is 0 Å². The normalized spacial score (nSPS) is 20.4. The molecule has 3 rings (SSSR count). The third-order valence-electron chi connectivity index (χ3n) is 4.45. The van der Waals surface area contributed by atoms with Crippen molar-refractivity contribution in [1.82, 2.24) is 10.3 Å². The number of carbonyl (C=O) groups is 1. The Morgan fingerprint density at radius 1 is 1.17 bits per heavy atom. The largest absolute Gasteiger partial charge is 0.456 e. The molecule has 5 nitrogen and oxygen atoms in total. The maximum atomic E-state index is 12.4. The summed E-state index contributed by atoms with van der Waals surface area (Å²) in [7, 11) is 0. The molecular formula is C19H22N2O3. The number of amides is 1. The lowest BCUT2D eigenvalue weighted by atomic mass is 9.85. The Hall–Kier alpha value is -2.40. The third kappa shape index (κ3) is 4.11. The molecule has 1 heterocycles. The summed E-state index contributed by atoms with van der Waals surface area (Å²) < 4.78 is 5.67. The minimum absolute atomic E-state index is 0.0579. The molecule has 2 N–H and O–H groups in total. The zero-order valence-electron chi connectivity index (χ0n) is 13.5. The van der Waals surface area contributed by atoms with E-state index in [0.717, 1.165) is 25.7 Å². The number of hydrogen-bond acceptors (Lipinski definition) is 4. The fraction of sp³-hybridized carbons (Fsp3) is 0.368. The molecular weight excluding hydrogens is 304 g/mol. The summed E-state index contributed by atoms with van der Waals surface area (Å²) in [5.74, 6) is 1.37. The van der Waals surface area contributed by atoms with Gasteiger partial charge in [-0.25, -0.2) is 0 Å². The number of nitrogens with zero attached hydrogens (tertiary/aromatic N) is 1. The number of carbonyl (C=O) groups excluding carboxylic acids is 1. The topological polar surface area (TPSA) is 71.5 Å². The van der Waals surface area contributed by atoms with Crippen LogP contribution in [0.3, 0.4) is 0 Å². The molecule has 2 unspecified atom stereocenters. The van der Waals surface area contributed by atoms with Gasteiger partial charge >= 0.3 is 0 Å². The van der Waals surface area contributed by atoms with Crippen LogP contribution < -0.4 is 10.1 Å². The van der Waals surface area contributed by atoms with Gasteiger partial charge in [-0.2, -0.15) is 0 Å². The van der Waals surface area contributed by atoms with E-state index < -0.39 is 0 Å². The molecule has 1 fully saturated rings. The molecule has 1 aromatic heterocycles. The molecule has 0 radical (unpaired) electrons. The van der Waals surface area contributed by atoms with Gasteiger partial charge in [0.1, 0.15) is 11.5 Å². The van der Waals surface area contributed by atoms with E-state index in [0.29, 0.717) is 17.1 Å². The van der Waals surface area contributed by atoms with Gasteiger partial charge in [0.25, 0.3) is 5.91 Å². The average Bonchev–Trinajstić information content (AvgIpc) is 2.63. The monoisotopic (exact) mass is 326 g/mol. The van der Waals surface area contributed by atoms with Crippen LogP contribution in [0.25, 0.3) is 0 Å². The van der Waals surface area contributed by atoms with E-state index in [-0.39, 0.29) is 24.5 Å². The predicted octanol–water partition coefficient (Wildman–Crippen LogP) is 3.15. The summed E-state index contributed by atoms with van der Waals surface area (Å²) in [5, 5.41) is 12.5. The maximum Gasteiger partial charge on any atom is 0.251 e. The van der Waals surface area contributed by atoms with E-state index in [1.807, 2.05) is 6.07 Å². The van der Waals surface area contributed by atoms with E-state index in [4.69, 9.17) is 4.74 Å². The van der Waals surface area contributed by atoms with Crippen LogP contribution in [0.4, 0.5) is 0 Å². The highest BCUT2D eigenvalue weighted by atomic mass is 16.5. The zero-order valence-corrected chi connectivity index (χ0v) is 13.5. The summed E-state index contributed by atoms with van der Waals surface area (Å²) >= 11 is 0. The SMILES string of the molecule is O=C(NC1CCCCC1CO)c1ccc(Oc2cccnc2)cc1. The van der Waals surface area contributed by atoms with Crippen molar-refractivity contribution in [3.05, 3.63) is 54.4 Å². The number of aromatic nitrogens is 1. The first-order valence-corrected chi connectivity index (χ1v) is 8.36. The van der Waals surface area contributed by atoms with Crippen LogP contribution in [0.1, 0.15) is 36.0 Å². The summed E-state index contributed by atoms with van der Waals surface area (Å²) in [6, 6.07) is 10.7. The quantitative estimate of drug-likeness (QED) is 0.885. The highest BCUT2D eigenvalue weighted by molar-refractivity contribution is 5.94. The predicted molar refractivity (Wildman–Crippen MR) is 91.1 cm³/mol. The summed E-state index contributed by atoms with van der Waals surface area (Å²) in [6.45, 7) is 0.128. The first-order valence-electron chi connectivity index (χ1n) is 8.36. The van der Waals surface area contributed by atoms with E-state index in [9.17, 15) is 9.90 Å². The lowest BCUT2D eigenvalue weighted by Gasteiger charge is -2.30. The van der Waals surface area contributed by atoms with Gasteiger partial charge < -0.3 is 15.2 Å². The summed E-state index contributed by atoms with van der Waals surface area (Å²) in [4.78, 5) is 16.4. The number of nitrogens with one attached hydrogen (secondary N) is 1. The molecule has 1 aliphatic carbocycles. The van der Waals surface area contributed by atoms with Crippen LogP contribution in [-0.4, -0.2) is 28.6 Å².